The van der Waals surface area contributed by atoms with Crippen molar-refractivity contribution in [1.82, 2.24) is 10.2 Å². The maximum atomic E-state index is 14.5. The summed E-state index contributed by atoms with van der Waals surface area (Å²) in [5.74, 6) is -1.68. The fourth-order valence-corrected chi connectivity index (χ4v) is 4.69. The molecule has 186 valence electrons. The highest BCUT2D eigenvalue weighted by Gasteiger charge is 2.47. The standard InChI is InChI=1S/C17H15F4N3O3.C6H12O/c1-22-15-13-9(6-27-16(13)2-3-26-7-16)14(23-24-15)12-10(18)4-8(5-11(12)25)17(19,20)21;7-6-4-2-1-3-5-6/h4-5,25H,2-3,6-7H2,1H3,(H,22,24);6-7H,1-5H2. The Morgan fingerprint density at radius 1 is 1.15 bits per heavy atom. The smallest absolute Gasteiger partial charge is 0.416 e. The number of benzene rings is 1. The predicted octanol–water partition coefficient (Wildman–Crippen LogP) is 4.51. The van der Waals surface area contributed by atoms with Crippen LogP contribution in [0.15, 0.2) is 12.1 Å². The van der Waals surface area contributed by atoms with Gasteiger partial charge in [0.1, 0.15) is 22.9 Å². The summed E-state index contributed by atoms with van der Waals surface area (Å²) in [7, 11) is 1.64. The number of hydrogen-bond acceptors (Lipinski definition) is 7. The number of nitrogens with zero attached hydrogens (tertiary/aromatic N) is 2. The van der Waals surface area contributed by atoms with Gasteiger partial charge < -0.3 is 25.0 Å². The Kier molecular flexibility index (Phi) is 6.97. The molecule has 1 aliphatic carbocycles. The quantitative estimate of drug-likeness (QED) is 0.539. The lowest BCUT2D eigenvalue weighted by Gasteiger charge is -2.23. The van der Waals surface area contributed by atoms with Crippen molar-refractivity contribution in [2.45, 2.75) is 63.0 Å². The highest BCUT2D eigenvalue weighted by molar-refractivity contribution is 5.74. The highest BCUT2D eigenvalue weighted by Crippen LogP contribution is 2.49. The summed E-state index contributed by atoms with van der Waals surface area (Å²) in [4.78, 5) is 0. The molecule has 2 aliphatic heterocycles. The van der Waals surface area contributed by atoms with Gasteiger partial charge >= 0.3 is 6.18 Å². The van der Waals surface area contributed by atoms with Crippen LogP contribution in [0.1, 0.15) is 55.2 Å². The molecule has 1 saturated carbocycles. The van der Waals surface area contributed by atoms with Crippen LogP contribution >= 0.6 is 0 Å². The van der Waals surface area contributed by atoms with E-state index in [-0.39, 0.29) is 25.0 Å². The predicted molar refractivity (Wildman–Crippen MR) is 115 cm³/mol. The third-order valence-corrected chi connectivity index (χ3v) is 6.45. The van der Waals surface area contributed by atoms with E-state index >= 15 is 0 Å². The number of fused-ring (bicyclic) bond motifs is 2. The Morgan fingerprint density at radius 3 is 2.41 bits per heavy atom. The van der Waals surface area contributed by atoms with Crippen molar-refractivity contribution in [3.8, 4) is 17.0 Å². The minimum Gasteiger partial charge on any atom is -0.507 e. The van der Waals surface area contributed by atoms with Crippen LogP contribution in [0.4, 0.5) is 23.4 Å². The molecule has 3 aliphatic rings. The lowest BCUT2D eigenvalue weighted by atomic mass is 9.90. The summed E-state index contributed by atoms with van der Waals surface area (Å²) in [5.41, 5.74) is -1.43. The van der Waals surface area contributed by atoms with E-state index in [0.29, 0.717) is 42.1 Å². The topological polar surface area (TPSA) is 96.7 Å². The molecule has 1 saturated heterocycles. The molecular formula is C23H27F4N3O4. The summed E-state index contributed by atoms with van der Waals surface area (Å²) >= 11 is 0. The number of aliphatic hydroxyl groups is 1. The molecule has 0 radical (unpaired) electrons. The van der Waals surface area contributed by atoms with Gasteiger partial charge in [0.05, 0.1) is 30.4 Å². The van der Waals surface area contributed by atoms with Crippen molar-refractivity contribution in [2.75, 3.05) is 25.6 Å². The van der Waals surface area contributed by atoms with Crippen molar-refractivity contribution >= 4 is 5.82 Å². The molecule has 7 nitrogen and oxygen atoms in total. The Labute approximate surface area is 194 Å². The molecule has 1 aromatic carbocycles. The molecule has 0 bridgehead atoms. The first-order valence-electron chi connectivity index (χ1n) is 11.2. The van der Waals surface area contributed by atoms with E-state index in [1.54, 1.807) is 7.05 Å². The number of aromatic hydroxyl groups is 1. The van der Waals surface area contributed by atoms with Crippen LogP contribution in [0.3, 0.4) is 0 Å². The minimum absolute atomic E-state index is 0.0359. The summed E-state index contributed by atoms with van der Waals surface area (Å²) in [6.07, 6.45) is 1.70. The lowest BCUT2D eigenvalue weighted by Crippen LogP contribution is -2.27. The van der Waals surface area contributed by atoms with E-state index in [9.17, 15) is 22.7 Å². The first-order chi connectivity index (χ1) is 16.2. The zero-order chi connectivity index (χ0) is 24.5. The third kappa shape index (κ3) is 4.69. The number of rotatable bonds is 2. The summed E-state index contributed by atoms with van der Waals surface area (Å²) in [6, 6.07) is 0.808. The summed E-state index contributed by atoms with van der Waals surface area (Å²) in [6.45, 7) is 0.805. The number of phenols is 1. The largest absolute Gasteiger partial charge is 0.507 e. The Morgan fingerprint density at radius 2 is 1.88 bits per heavy atom. The van der Waals surface area contributed by atoms with Gasteiger partial charge in [-0.25, -0.2) is 4.39 Å². The number of aromatic nitrogens is 2. The van der Waals surface area contributed by atoms with Gasteiger partial charge in [0.2, 0.25) is 0 Å². The number of anilines is 1. The number of aliphatic hydroxyl groups excluding tert-OH is 1. The second-order valence-corrected chi connectivity index (χ2v) is 8.73. The monoisotopic (exact) mass is 485 g/mol. The number of phenolic OH excluding ortho intramolecular Hbond substituents is 1. The summed E-state index contributed by atoms with van der Waals surface area (Å²) in [5, 5.41) is 29.9. The molecule has 5 rings (SSSR count). The lowest BCUT2D eigenvalue weighted by molar-refractivity contribution is -0.137. The van der Waals surface area contributed by atoms with Gasteiger partial charge in [0.25, 0.3) is 0 Å². The normalized spacial score (nSPS) is 22.4. The van der Waals surface area contributed by atoms with Gasteiger partial charge in [0, 0.05) is 31.2 Å². The fraction of sp³-hybridized carbons (Fsp3) is 0.565. The number of ether oxygens (including phenoxy) is 2. The molecular weight excluding hydrogens is 458 g/mol. The zero-order valence-electron chi connectivity index (χ0n) is 18.7. The fourth-order valence-electron chi connectivity index (χ4n) is 4.69. The first kappa shape index (κ1) is 24.6. The molecule has 1 spiro atoms. The van der Waals surface area contributed by atoms with Crippen LogP contribution in [0, 0.1) is 5.82 Å². The molecule has 11 heteroatoms. The molecule has 1 atom stereocenters. The average Bonchev–Trinajstić information content (AvgIpc) is 3.42. The molecule has 2 fully saturated rings. The van der Waals surface area contributed by atoms with Crippen LogP contribution in [0.2, 0.25) is 0 Å². The maximum absolute atomic E-state index is 14.5. The molecule has 3 N–H and O–H groups in total. The number of hydrogen-bond donors (Lipinski definition) is 3. The van der Waals surface area contributed by atoms with Crippen LogP contribution in [-0.4, -0.2) is 46.8 Å². The van der Waals surface area contributed by atoms with Crippen LogP contribution in [-0.2, 0) is 27.9 Å². The van der Waals surface area contributed by atoms with E-state index in [0.717, 1.165) is 12.8 Å². The average molecular weight is 485 g/mol. The molecule has 1 aromatic heterocycles. The van der Waals surface area contributed by atoms with Gasteiger partial charge in [0.15, 0.2) is 5.82 Å². The van der Waals surface area contributed by atoms with Gasteiger partial charge in [-0.05, 0) is 25.0 Å². The molecule has 34 heavy (non-hydrogen) atoms. The van der Waals surface area contributed by atoms with Gasteiger partial charge in [-0.3, -0.25) is 0 Å². The first-order valence-corrected chi connectivity index (χ1v) is 11.2. The van der Waals surface area contributed by atoms with Crippen molar-refractivity contribution in [3.05, 3.63) is 34.6 Å². The second-order valence-electron chi connectivity index (χ2n) is 8.73. The number of halogens is 4. The van der Waals surface area contributed by atoms with Gasteiger partial charge in [-0.15, -0.1) is 10.2 Å². The van der Waals surface area contributed by atoms with E-state index in [1.165, 1.54) is 19.3 Å². The Balaban J connectivity index is 0.000000336. The second kappa shape index (κ2) is 9.63. The third-order valence-electron chi connectivity index (χ3n) is 6.45. The van der Waals surface area contributed by atoms with Crippen molar-refractivity contribution in [3.63, 3.8) is 0 Å². The van der Waals surface area contributed by atoms with E-state index < -0.39 is 34.5 Å². The van der Waals surface area contributed by atoms with Crippen molar-refractivity contribution in [2.24, 2.45) is 0 Å². The van der Waals surface area contributed by atoms with Crippen molar-refractivity contribution < 1.29 is 37.2 Å². The number of nitrogens with one attached hydrogen (secondary N) is 1. The van der Waals surface area contributed by atoms with E-state index in [4.69, 9.17) is 14.6 Å². The van der Waals surface area contributed by atoms with Crippen LogP contribution < -0.4 is 5.32 Å². The molecule has 2 aromatic rings. The van der Waals surface area contributed by atoms with Gasteiger partial charge in [-0.1, -0.05) is 19.3 Å². The Hall–Kier alpha value is -2.50. The van der Waals surface area contributed by atoms with Crippen molar-refractivity contribution in [1.29, 1.82) is 0 Å². The van der Waals surface area contributed by atoms with Crippen LogP contribution in [0.25, 0.3) is 11.3 Å². The number of alkyl halides is 3. The molecule has 1 unspecified atom stereocenters. The Bertz CT molecular complexity index is 1010. The van der Waals surface area contributed by atoms with E-state index in [2.05, 4.69) is 15.5 Å². The molecule has 0 amide bonds. The van der Waals surface area contributed by atoms with Gasteiger partial charge in [-0.2, -0.15) is 13.2 Å². The summed E-state index contributed by atoms with van der Waals surface area (Å²) < 4.78 is 64.4. The minimum atomic E-state index is -4.78. The van der Waals surface area contributed by atoms with Crippen LogP contribution in [0.5, 0.6) is 5.75 Å². The zero-order valence-corrected chi connectivity index (χ0v) is 18.7. The molecule has 3 heterocycles. The highest BCUT2D eigenvalue weighted by atomic mass is 19.4. The van der Waals surface area contributed by atoms with E-state index in [1.807, 2.05) is 0 Å². The SMILES string of the molecule is CNc1nnc(-c2c(O)cc(C(F)(F)F)cc2F)c2c1C1(CCOC1)OC2.OC1CCCCC1. The maximum Gasteiger partial charge on any atom is 0.416 e.